The number of nitrogens with zero attached hydrogens (tertiary/aromatic N) is 7. The minimum Gasteiger partial charge on any atom is -0.389 e. The Morgan fingerprint density at radius 3 is 2.62 bits per heavy atom. The molecule has 4 aromatic heterocycles. The van der Waals surface area contributed by atoms with Crippen LogP contribution in [0.15, 0.2) is 60.9 Å². The van der Waals surface area contributed by atoms with Crippen molar-refractivity contribution in [3.05, 3.63) is 94.1 Å². The molecule has 1 saturated heterocycles. The number of rotatable bonds is 8. The number of thiazole rings is 1. The Kier molecular flexibility index (Phi) is 7.41. The van der Waals surface area contributed by atoms with Gasteiger partial charge in [-0.2, -0.15) is 5.26 Å². The van der Waals surface area contributed by atoms with Crippen LogP contribution in [-0.2, 0) is 24.1 Å². The Labute approximate surface area is 246 Å². The Morgan fingerprint density at radius 1 is 1.17 bits per heavy atom. The van der Waals surface area contributed by atoms with Crippen LogP contribution in [0.3, 0.4) is 0 Å². The molecule has 1 N–H and O–H groups in total. The third-order valence-electron chi connectivity index (χ3n) is 7.35. The number of amides is 1. The molecule has 1 aliphatic heterocycles. The van der Waals surface area contributed by atoms with Crippen LogP contribution < -0.4 is 4.90 Å². The molecule has 0 saturated carbocycles. The highest BCUT2D eigenvalue weighted by Gasteiger charge is 2.28. The zero-order valence-corrected chi connectivity index (χ0v) is 24.0. The molecule has 0 aliphatic carbocycles. The molecule has 9 nitrogen and oxygen atoms in total. The number of aliphatic hydroxyl groups excluding tert-OH is 1. The number of carbonyl (C=O) groups excluding carboxylic acids is 1. The third-order valence-corrected chi connectivity index (χ3v) is 8.39. The van der Waals surface area contributed by atoms with Crippen molar-refractivity contribution in [2.75, 3.05) is 25.0 Å². The van der Waals surface area contributed by atoms with Crippen LogP contribution in [0.5, 0.6) is 0 Å². The number of carbonyl (C=O) groups is 1. The Balaban J connectivity index is 1.22. The second-order valence-electron chi connectivity index (χ2n) is 10.3. The molecule has 0 unspecified atom stereocenters. The van der Waals surface area contributed by atoms with E-state index in [2.05, 4.69) is 11.1 Å². The van der Waals surface area contributed by atoms with E-state index < -0.39 is 6.10 Å². The van der Waals surface area contributed by atoms with Gasteiger partial charge in [0.25, 0.3) is 0 Å². The van der Waals surface area contributed by atoms with Gasteiger partial charge in [0, 0.05) is 50.2 Å². The summed E-state index contributed by atoms with van der Waals surface area (Å²) in [6.07, 6.45) is 4.91. The van der Waals surface area contributed by atoms with Crippen LogP contribution >= 0.6 is 11.3 Å². The molecule has 5 aromatic rings. The van der Waals surface area contributed by atoms with Crippen molar-refractivity contribution >= 4 is 33.8 Å². The van der Waals surface area contributed by atoms with Crippen LogP contribution in [0, 0.1) is 17.1 Å². The third kappa shape index (κ3) is 5.34. The number of aryl methyl sites for hydroxylation is 1. The van der Waals surface area contributed by atoms with Crippen molar-refractivity contribution in [2.24, 2.45) is 0 Å². The number of β-amino-alcohol motifs (C(OH)–C–C–N with tert-alkyl or cyclic N) is 1. The second-order valence-corrected chi connectivity index (χ2v) is 11.3. The summed E-state index contributed by atoms with van der Waals surface area (Å²) in [6.45, 7) is 2.85. The second kappa shape index (κ2) is 11.3. The van der Waals surface area contributed by atoms with Crippen LogP contribution in [0.2, 0.25) is 0 Å². The van der Waals surface area contributed by atoms with E-state index in [0.29, 0.717) is 47.2 Å². The van der Waals surface area contributed by atoms with Crippen LogP contribution in [0.1, 0.15) is 34.3 Å². The maximum atomic E-state index is 13.5. The summed E-state index contributed by atoms with van der Waals surface area (Å²) in [5.41, 5.74) is 5.69. The SMILES string of the molecule is CCc1nc2cc(Cc3ccc(CC(=O)N4CC(O)C4)cn3)ccn2c1N(C)c1nc(-c2ccc(F)cc2)c(C#N)s1. The van der Waals surface area contributed by atoms with Crippen LogP contribution in [0.4, 0.5) is 15.3 Å². The number of aliphatic hydroxyl groups is 1. The number of anilines is 2. The molecule has 5 heterocycles. The zero-order chi connectivity index (χ0) is 29.4. The molecule has 0 bridgehead atoms. The Bertz CT molecular complexity index is 1800. The van der Waals surface area contributed by atoms with Crippen molar-refractivity contribution in [2.45, 2.75) is 32.3 Å². The molecule has 1 amide bonds. The number of hydrogen-bond acceptors (Lipinski definition) is 8. The first kappa shape index (κ1) is 27.5. The van der Waals surface area contributed by atoms with E-state index in [9.17, 15) is 19.6 Å². The van der Waals surface area contributed by atoms with E-state index in [0.717, 1.165) is 34.0 Å². The first-order valence-electron chi connectivity index (χ1n) is 13.6. The number of imidazole rings is 1. The highest BCUT2D eigenvalue weighted by molar-refractivity contribution is 7.16. The van der Waals surface area contributed by atoms with Crippen molar-refractivity contribution in [3.63, 3.8) is 0 Å². The van der Waals surface area contributed by atoms with E-state index in [1.165, 1.54) is 23.5 Å². The lowest BCUT2D eigenvalue weighted by Crippen LogP contribution is -2.53. The van der Waals surface area contributed by atoms with Crippen molar-refractivity contribution < 1.29 is 14.3 Å². The van der Waals surface area contributed by atoms with Crippen molar-refractivity contribution in [3.8, 4) is 17.3 Å². The van der Waals surface area contributed by atoms with Gasteiger partial charge in [-0.3, -0.25) is 14.2 Å². The summed E-state index contributed by atoms with van der Waals surface area (Å²) < 4.78 is 15.5. The lowest BCUT2D eigenvalue weighted by atomic mass is 10.1. The largest absolute Gasteiger partial charge is 0.389 e. The predicted molar refractivity (Wildman–Crippen MR) is 158 cm³/mol. The van der Waals surface area contributed by atoms with Crippen LogP contribution in [-0.4, -0.2) is 61.5 Å². The lowest BCUT2D eigenvalue weighted by Gasteiger charge is -2.35. The molecule has 11 heteroatoms. The van der Waals surface area contributed by atoms with Gasteiger partial charge in [-0.1, -0.05) is 24.3 Å². The number of aromatic nitrogens is 4. The van der Waals surface area contributed by atoms with E-state index in [1.807, 2.05) is 53.7 Å². The van der Waals surface area contributed by atoms with Gasteiger partial charge in [0.05, 0.1) is 18.2 Å². The van der Waals surface area contributed by atoms with Crippen molar-refractivity contribution in [1.82, 2.24) is 24.3 Å². The standard InChI is InChI=1S/C31H28FN7O2S/c1-3-25-30(37(2)31-36-29(26(15-33)42-31)21-5-7-22(32)8-6-21)39-11-10-19(13-27(39)35-25)12-23-9-4-20(16-34-23)14-28(41)38-17-24(40)18-38/h4-11,13,16,24,40H,3,12,14,17-18H2,1-2H3. The van der Waals surface area contributed by atoms with Gasteiger partial charge < -0.3 is 14.9 Å². The van der Waals surface area contributed by atoms with Gasteiger partial charge in [0.15, 0.2) is 5.13 Å². The molecule has 212 valence electrons. The van der Waals surface area contributed by atoms with Gasteiger partial charge in [0.2, 0.25) is 5.91 Å². The van der Waals surface area contributed by atoms with E-state index in [1.54, 1.807) is 23.2 Å². The Morgan fingerprint density at radius 2 is 1.95 bits per heavy atom. The zero-order valence-electron chi connectivity index (χ0n) is 23.2. The molecule has 0 spiro atoms. The number of nitriles is 1. The first-order chi connectivity index (χ1) is 20.3. The summed E-state index contributed by atoms with van der Waals surface area (Å²) in [4.78, 5) is 30.6. The lowest BCUT2D eigenvalue weighted by molar-refractivity contribution is -0.140. The summed E-state index contributed by atoms with van der Waals surface area (Å²) in [7, 11) is 1.91. The monoisotopic (exact) mass is 581 g/mol. The quantitative estimate of drug-likeness (QED) is 0.287. The van der Waals surface area contributed by atoms with Crippen LogP contribution in [0.25, 0.3) is 16.9 Å². The maximum absolute atomic E-state index is 13.5. The molecule has 1 aromatic carbocycles. The van der Waals surface area contributed by atoms with E-state index in [-0.39, 0.29) is 18.1 Å². The highest BCUT2D eigenvalue weighted by atomic mass is 32.1. The van der Waals surface area contributed by atoms with Crippen molar-refractivity contribution in [1.29, 1.82) is 5.26 Å². The number of halogens is 1. The summed E-state index contributed by atoms with van der Waals surface area (Å²) in [6, 6.07) is 16.2. The minimum atomic E-state index is -0.406. The fourth-order valence-electron chi connectivity index (χ4n) is 5.07. The first-order valence-corrected chi connectivity index (χ1v) is 14.4. The fourth-order valence-corrected chi connectivity index (χ4v) is 5.91. The predicted octanol–water partition coefficient (Wildman–Crippen LogP) is 4.53. The normalized spacial score (nSPS) is 13.3. The fraction of sp³-hybridized carbons (Fsp3) is 0.258. The average Bonchev–Trinajstić information content (AvgIpc) is 3.58. The van der Waals surface area contributed by atoms with E-state index >= 15 is 0 Å². The Hall–Kier alpha value is -4.66. The number of pyridine rings is 2. The highest BCUT2D eigenvalue weighted by Crippen LogP contribution is 2.37. The average molecular weight is 582 g/mol. The molecular formula is C31H28FN7O2S. The van der Waals surface area contributed by atoms with Gasteiger partial charge in [-0.15, -0.1) is 0 Å². The number of benzene rings is 1. The van der Waals surface area contributed by atoms with Gasteiger partial charge in [0.1, 0.15) is 33.9 Å². The molecular weight excluding hydrogens is 553 g/mol. The smallest absolute Gasteiger partial charge is 0.227 e. The topological polar surface area (TPSA) is 111 Å². The number of hydrogen-bond donors (Lipinski definition) is 1. The van der Waals surface area contributed by atoms with E-state index in [4.69, 9.17) is 9.97 Å². The molecule has 1 fully saturated rings. The summed E-state index contributed by atoms with van der Waals surface area (Å²) in [5.74, 6) is 0.525. The molecule has 1 aliphatic rings. The molecule has 0 radical (unpaired) electrons. The van der Waals surface area contributed by atoms with Gasteiger partial charge >= 0.3 is 0 Å². The molecule has 0 atom stereocenters. The summed E-state index contributed by atoms with van der Waals surface area (Å²) >= 11 is 1.28. The maximum Gasteiger partial charge on any atom is 0.227 e. The molecule has 42 heavy (non-hydrogen) atoms. The van der Waals surface area contributed by atoms with Gasteiger partial charge in [-0.05, 0) is 60.0 Å². The number of likely N-dealkylation sites (tertiary alicyclic amines) is 1. The minimum absolute atomic E-state index is 0.000356. The molecule has 6 rings (SSSR count). The van der Waals surface area contributed by atoms with Gasteiger partial charge in [-0.25, -0.2) is 14.4 Å². The summed E-state index contributed by atoms with van der Waals surface area (Å²) in [5, 5.41) is 19.8. The number of fused-ring (bicyclic) bond motifs is 1.